The number of nitrogens with zero attached hydrogens (tertiary/aromatic N) is 6. The van der Waals surface area contributed by atoms with Crippen LogP contribution in [0.4, 0.5) is 0 Å². The van der Waals surface area contributed by atoms with Crippen LogP contribution in [-0.4, -0.2) is 29.1 Å². The summed E-state index contributed by atoms with van der Waals surface area (Å²) in [6, 6.07) is 16.8. The maximum atomic E-state index is 4.34. The largest absolute Gasteiger partial charge is 0.309 e. The minimum Gasteiger partial charge on any atom is -0.309 e. The van der Waals surface area contributed by atoms with E-state index in [0.717, 1.165) is 55.0 Å². The molecule has 32 heavy (non-hydrogen) atoms. The number of fused-ring (bicyclic) bond motifs is 6. The first kappa shape index (κ1) is 17.1. The first-order valence-corrected chi connectivity index (χ1v) is 10.4. The zero-order valence-electron chi connectivity index (χ0n) is 16.9. The van der Waals surface area contributed by atoms with Gasteiger partial charge in [-0.15, -0.1) is 0 Å². The van der Waals surface area contributed by atoms with Gasteiger partial charge in [-0.2, -0.15) is 0 Å². The van der Waals surface area contributed by atoms with Crippen molar-refractivity contribution in [2.45, 2.75) is 0 Å². The van der Waals surface area contributed by atoms with Crippen molar-refractivity contribution in [3.63, 3.8) is 0 Å². The van der Waals surface area contributed by atoms with E-state index in [2.05, 4.69) is 77.6 Å². The molecule has 6 nitrogen and oxygen atoms in total. The van der Waals surface area contributed by atoms with Crippen LogP contribution in [0.3, 0.4) is 0 Å². The second-order valence-electron chi connectivity index (χ2n) is 7.76. The standard InChI is InChI=1S/C26H16N6/c1-2-17(31-23-4-8-27-13-19(23)20-14-28-9-5-24(20)31)12-18(3-1)32-25-6-10-29-15-21(25)22-16-30-11-7-26(22)32/h1-16H. The van der Waals surface area contributed by atoms with Gasteiger partial charge in [0.1, 0.15) is 0 Å². The Morgan fingerprint density at radius 1 is 0.438 bits per heavy atom. The molecule has 150 valence electrons. The summed E-state index contributed by atoms with van der Waals surface area (Å²) < 4.78 is 4.54. The maximum Gasteiger partial charge on any atom is 0.0572 e. The molecular weight excluding hydrogens is 396 g/mol. The number of aromatic nitrogens is 6. The van der Waals surface area contributed by atoms with Gasteiger partial charge in [-0.1, -0.05) is 6.07 Å². The topological polar surface area (TPSA) is 61.4 Å². The molecule has 1 aromatic carbocycles. The average molecular weight is 412 g/mol. The van der Waals surface area contributed by atoms with Gasteiger partial charge in [-0.3, -0.25) is 19.9 Å². The zero-order valence-corrected chi connectivity index (χ0v) is 16.9. The van der Waals surface area contributed by atoms with Crippen LogP contribution in [0.25, 0.3) is 55.0 Å². The molecule has 0 spiro atoms. The highest BCUT2D eigenvalue weighted by molar-refractivity contribution is 6.09. The van der Waals surface area contributed by atoms with Crippen molar-refractivity contribution in [2.24, 2.45) is 0 Å². The highest BCUT2D eigenvalue weighted by Crippen LogP contribution is 2.34. The molecule has 0 saturated carbocycles. The van der Waals surface area contributed by atoms with Crippen molar-refractivity contribution < 1.29 is 0 Å². The van der Waals surface area contributed by atoms with Gasteiger partial charge in [0.05, 0.1) is 22.1 Å². The lowest BCUT2D eigenvalue weighted by molar-refractivity contribution is 1.13. The Balaban J connectivity index is 1.55. The van der Waals surface area contributed by atoms with Gasteiger partial charge < -0.3 is 9.13 Å². The van der Waals surface area contributed by atoms with Crippen LogP contribution in [0, 0.1) is 0 Å². The van der Waals surface area contributed by atoms with Crippen LogP contribution < -0.4 is 0 Å². The first-order chi connectivity index (χ1) is 15.9. The van der Waals surface area contributed by atoms with Crippen molar-refractivity contribution >= 4 is 43.6 Å². The molecule has 0 atom stereocenters. The molecule has 0 unspecified atom stereocenters. The third-order valence-corrected chi connectivity index (χ3v) is 6.08. The van der Waals surface area contributed by atoms with Crippen LogP contribution in [0.1, 0.15) is 0 Å². The monoisotopic (exact) mass is 412 g/mol. The van der Waals surface area contributed by atoms with E-state index < -0.39 is 0 Å². The normalized spacial score (nSPS) is 11.8. The lowest BCUT2D eigenvalue weighted by Crippen LogP contribution is -1.98. The molecule has 0 bridgehead atoms. The van der Waals surface area contributed by atoms with Gasteiger partial charge in [-0.05, 0) is 42.5 Å². The molecule has 6 aromatic heterocycles. The third-order valence-electron chi connectivity index (χ3n) is 6.08. The SMILES string of the molecule is c1cc(-n2c3ccncc3c3cnccc32)cc(-n2c3ccncc3c3cnccc32)c1. The third kappa shape index (κ3) is 2.29. The number of hydrogen-bond donors (Lipinski definition) is 0. The second kappa shape index (κ2) is 6.46. The predicted molar refractivity (Wildman–Crippen MR) is 126 cm³/mol. The van der Waals surface area contributed by atoms with E-state index in [1.807, 2.05) is 49.6 Å². The smallest absolute Gasteiger partial charge is 0.0572 e. The molecule has 0 amide bonds. The lowest BCUT2D eigenvalue weighted by Gasteiger charge is -2.12. The van der Waals surface area contributed by atoms with Crippen LogP contribution in [0.5, 0.6) is 0 Å². The zero-order chi connectivity index (χ0) is 21.1. The molecule has 0 N–H and O–H groups in total. The summed E-state index contributed by atoms with van der Waals surface area (Å²) in [7, 11) is 0. The molecule has 0 fully saturated rings. The van der Waals surface area contributed by atoms with Gasteiger partial charge >= 0.3 is 0 Å². The van der Waals surface area contributed by atoms with Crippen LogP contribution in [0.2, 0.25) is 0 Å². The van der Waals surface area contributed by atoms with E-state index in [-0.39, 0.29) is 0 Å². The number of benzene rings is 1. The fraction of sp³-hybridized carbons (Fsp3) is 0. The second-order valence-corrected chi connectivity index (χ2v) is 7.76. The van der Waals surface area contributed by atoms with E-state index >= 15 is 0 Å². The van der Waals surface area contributed by atoms with Crippen molar-refractivity contribution in [3.05, 3.63) is 98.1 Å². The van der Waals surface area contributed by atoms with Crippen molar-refractivity contribution in [3.8, 4) is 11.4 Å². The molecule has 0 aliphatic carbocycles. The highest BCUT2D eigenvalue weighted by Gasteiger charge is 2.15. The fourth-order valence-corrected chi connectivity index (χ4v) is 4.75. The molecule has 0 radical (unpaired) electrons. The van der Waals surface area contributed by atoms with Crippen LogP contribution >= 0.6 is 0 Å². The fourth-order valence-electron chi connectivity index (χ4n) is 4.75. The molecule has 6 heterocycles. The molecule has 7 aromatic rings. The molecule has 0 saturated heterocycles. The van der Waals surface area contributed by atoms with Gasteiger partial charge in [0.25, 0.3) is 0 Å². The highest BCUT2D eigenvalue weighted by atomic mass is 15.0. The van der Waals surface area contributed by atoms with E-state index in [1.165, 1.54) is 0 Å². The van der Waals surface area contributed by atoms with Crippen molar-refractivity contribution in [1.82, 2.24) is 29.1 Å². The maximum absolute atomic E-state index is 4.34. The van der Waals surface area contributed by atoms with E-state index in [4.69, 9.17) is 0 Å². The minimum atomic E-state index is 1.08. The number of rotatable bonds is 2. The molecule has 0 aliphatic heterocycles. The summed E-state index contributed by atoms with van der Waals surface area (Å²) in [5, 5.41) is 4.37. The van der Waals surface area contributed by atoms with E-state index in [1.54, 1.807) is 0 Å². The molecule has 0 aliphatic rings. The van der Waals surface area contributed by atoms with E-state index in [9.17, 15) is 0 Å². The summed E-state index contributed by atoms with van der Waals surface area (Å²) in [5.74, 6) is 0. The van der Waals surface area contributed by atoms with Gasteiger partial charge in [0, 0.05) is 82.5 Å². The first-order valence-electron chi connectivity index (χ1n) is 10.4. The minimum absolute atomic E-state index is 1.08. The average Bonchev–Trinajstić information content (AvgIpc) is 3.37. The molecule has 7 rings (SSSR count). The Hall–Kier alpha value is -4.58. The van der Waals surface area contributed by atoms with Crippen molar-refractivity contribution in [1.29, 1.82) is 0 Å². The van der Waals surface area contributed by atoms with Gasteiger partial charge in [0.2, 0.25) is 0 Å². The summed E-state index contributed by atoms with van der Waals surface area (Å²) in [6.45, 7) is 0. The number of pyridine rings is 4. The Kier molecular flexibility index (Phi) is 3.46. The Labute approximate surface area is 182 Å². The Morgan fingerprint density at radius 3 is 1.12 bits per heavy atom. The summed E-state index contributed by atoms with van der Waals surface area (Å²) in [5.41, 5.74) is 6.59. The van der Waals surface area contributed by atoms with Crippen LogP contribution in [-0.2, 0) is 0 Å². The molecule has 6 heteroatoms. The predicted octanol–water partition coefficient (Wildman–Crippen LogP) is 5.46. The Morgan fingerprint density at radius 2 is 0.781 bits per heavy atom. The molecular formula is C26H16N6. The number of hydrogen-bond acceptors (Lipinski definition) is 4. The van der Waals surface area contributed by atoms with Gasteiger partial charge in [0.15, 0.2) is 0 Å². The quantitative estimate of drug-likeness (QED) is 0.378. The van der Waals surface area contributed by atoms with Crippen molar-refractivity contribution in [2.75, 3.05) is 0 Å². The van der Waals surface area contributed by atoms with E-state index in [0.29, 0.717) is 0 Å². The van der Waals surface area contributed by atoms with Crippen LogP contribution in [0.15, 0.2) is 98.1 Å². The summed E-state index contributed by atoms with van der Waals surface area (Å²) >= 11 is 0. The Bertz CT molecular complexity index is 1560. The summed E-state index contributed by atoms with van der Waals surface area (Å²) in [6.07, 6.45) is 15.0. The lowest BCUT2D eigenvalue weighted by atomic mass is 10.2. The summed E-state index contributed by atoms with van der Waals surface area (Å²) in [4.78, 5) is 17.4. The van der Waals surface area contributed by atoms with Gasteiger partial charge in [-0.25, -0.2) is 0 Å².